The third-order valence-corrected chi connectivity index (χ3v) is 6.31. The summed E-state index contributed by atoms with van der Waals surface area (Å²) in [6, 6.07) is 12.4. The van der Waals surface area contributed by atoms with Crippen molar-refractivity contribution in [3.8, 4) is 6.07 Å². The Morgan fingerprint density at radius 2 is 1.88 bits per heavy atom. The van der Waals surface area contributed by atoms with Crippen molar-refractivity contribution in [2.45, 2.75) is 12.6 Å². The lowest BCUT2D eigenvalue weighted by Gasteiger charge is -2.20. The number of fused-ring (bicyclic) bond motifs is 1. The van der Waals surface area contributed by atoms with Crippen LogP contribution in [0.5, 0.6) is 0 Å². The number of benzene rings is 3. The SMILES string of the molecule is [2H]C(Nc1cc(Cl)c2ncc(C#N)c(Nc3ccc(F)c(Cl)c3)c2c1)(c1ccc(F)cc1)c1cn(CC(=O)O)nn1. The fourth-order valence-electron chi connectivity index (χ4n) is 3.94. The molecule has 1 atom stereocenters. The molecule has 0 bridgehead atoms. The molecule has 0 aliphatic heterocycles. The molecule has 3 aromatic carbocycles. The third kappa shape index (κ3) is 5.63. The van der Waals surface area contributed by atoms with E-state index in [-0.39, 0.29) is 32.6 Å². The van der Waals surface area contributed by atoms with E-state index in [0.717, 1.165) is 4.68 Å². The molecule has 0 saturated heterocycles. The minimum atomic E-state index is -1.89. The number of carboxylic acid groups (broad SMARTS) is 1. The third-order valence-electron chi connectivity index (χ3n) is 5.73. The van der Waals surface area contributed by atoms with E-state index in [4.69, 9.17) is 28.3 Å². The summed E-state index contributed by atoms with van der Waals surface area (Å²) in [6.07, 6.45) is 2.63. The minimum Gasteiger partial charge on any atom is -0.480 e. The number of aliphatic carboxylic acids is 1. The van der Waals surface area contributed by atoms with Gasteiger partial charge in [-0.05, 0) is 48.0 Å². The quantitative estimate of drug-likeness (QED) is 0.194. The molecule has 0 saturated carbocycles. The lowest BCUT2D eigenvalue weighted by Crippen LogP contribution is -2.13. The maximum atomic E-state index is 13.8. The van der Waals surface area contributed by atoms with Crippen molar-refractivity contribution < 1.29 is 20.1 Å². The fraction of sp³-hybridized carbons (Fsp3) is 0.0741. The molecule has 200 valence electrons. The van der Waals surface area contributed by atoms with Crippen molar-refractivity contribution in [1.82, 2.24) is 20.0 Å². The van der Waals surface area contributed by atoms with Crippen LogP contribution in [0.3, 0.4) is 0 Å². The van der Waals surface area contributed by atoms with Gasteiger partial charge in [-0.15, -0.1) is 5.10 Å². The van der Waals surface area contributed by atoms with Gasteiger partial charge in [0.1, 0.15) is 29.9 Å². The van der Waals surface area contributed by atoms with Gasteiger partial charge < -0.3 is 15.7 Å². The highest BCUT2D eigenvalue weighted by atomic mass is 35.5. The van der Waals surface area contributed by atoms with E-state index in [2.05, 4.69) is 32.0 Å². The van der Waals surface area contributed by atoms with E-state index in [1.165, 1.54) is 60.9 Å². The van der Waals surface area contributed by atoms with Crippen LogP contribution in [0.15, 0.2) is 67.0 Å². The number of nitrogens with zero attached hydrogens (tertiary/aromatic N) is 5. The Balaban J connectivity index is 1.64. The molecular weight excluding hydrogens is 563 g/mol. The summed E-state index contributed by atoms with van der Waals surface area (Å²) in [5, 5.41) is 33.3. The Bertz CT molecular complexity index is 1850. The summed E-state index contributed by atoms with van der Waals surface area (Å²) in [5.74, 6) is -2.29. The summed E-state index contributed by atoms with van der Waals surface area (Å²) in [5.41, 5.74) is 1.74. The zero-order valence-corrected chi connectivity index (χ0v) is 21.7. The number of hydrogen-bond donors (Lipinski definition) is 3. The Morgan fingerprint density at radius 3 is 2.58 bits per heavy atom. The number of halogens is 4. The molecule has 0 radical (unpaired) electrons. The van der Waals surface area contributed by atoms with E-state index in [9.17, 15) is 20.2 Å². The first-order chi connectivity index (χ1) is 19.6. The Hall–Kier alpha value is -4.79. The van der Waals surface area contributed by atoms with Crippen LogP contribution in [-0.2, 0) is 11.3 Å². The standard InChI is InChI=1S/C27H17Cl2F2N7O2/c28-20-8-17(5-6-22(20)31)34-25-15(10-32)11-33-27-19(25)7-18(9-21(27)29)35-26(14-1-3-16(30)4-2-14)23-12-38(37-36-23)13-24(39)40/h1-9,11-12,26,35H,13H2,(H,33,34)(H,39,40)/i26D. The number of rotatable bonds is 8. The van der Waals surface area contributed by atoms with Gasteiger partial charge in [0.2, 0.25) is 0 Å². The van der Waals surface area contributed by atoms with Crippen molar-refractivity contribution in [2.24, 2.45) is 0 Å². The van der Waals surface area contributed by atoms with Gasteiger partial charge >= 0.3 is 5.97 Å². The summed E-state index contributed by atoms with van der Waals surface area (Å²) >= 11 is 12.5. The largest absolute Gasteiger partial charge is 0.480 e. The monoisotopic (exact) mass is 580 g/mol. The van der Waals surface area contributed by atoms with Gasteiger partial charge in [-0.2, -0.15) is 5.26 Å². The molecule has 9 nitrogen and oxygen atoms in total. The zero-order valence-electron chi connectivity index (χ0n) is 21.2. The predicted octanol–water partition coefficient (Wildman–Crippen LogP) is 6.31. The van der Waals surface area contributed by atoms with E-state index in [1.54, 1.807) is 6.07 Å². The summed E-state index contributed by atoms with van der Waals surface area (Å²) in [4.78, 5) is 15.5. The molecule has 0 aliphatic rings. The molecule has 5 rings (SSSR count). The van der Waals surface area contributed by atoms with Crippen LogP contribution in [0.1, 0.15) is 24.2 Å². The molecule has 13 heteroatoms. The molecule has 3 N–H and O–H groups in total. The van der Waals surface area contributed by atoms with Crippen molar-refractivity contribution in [1.29, 1.82) is 5.26 Å². The van der Waals surface area contributed by atoms with Crippen molar-refractivity contribution in [2.75, 3.05) is 10.6 Å². The van der Waals surface area contributed by atoms with E-state index >= 15 is 0 Å². The first kappa shape index (κ1) is 25.5. The molecule has 0 amide bonds. The number of nitriles is 1. The number of anilines is 3. The second-order valence-corrected chi connectivity index (χ2v) is 9.28. The lowest BCUT2D eigenvalue weighted by atomic mass is 10.0. The van der Waals surface area contributed by atoms with Crippen molar-refractivity contribution in [3.05, 3.63) is 105 Å². The van der Waals surface area contributed by atoms with E-state index in [1.807, 2.05) is 0 Å². The first-order valence-corrected chi connectivity index (χ1v) is 12.2. The molecular formula is C27H17Cl2F2N7O2. The maximum Gasteiger partial charge on any atom is 0.325 e. The van der Waals surface area contributed by atoms with Crippen LogP contribution in [-0.4, -0.2) is 31.1 Å². The van der Waals surface area contributed by atoms with Crippen LogP contribution in [0.25, 0.3) is 10.9 Å². The highest BCUT2D eigenvalue weighted by Crippen LogP contribution is 2.37. The van der Waals surface area contributed by atoms with E-state index < -0.39 is 30.2 Å². The lowest BCUT2D eigenvalue weighted by molar-refractivity contribution is -0.137. The molecule has 0 fully saturated rings. The number of carbonyl (C=O) groups is 1. The summed E-state index contributed by atoms with van der Waals surface area (Å²) in [7, 11) is 0. The summed E-state index contributed by atoms with van der Waals surface area (Å²) < 4.78 is 37.9. The number of hydrogen-bond acceptors (Lipinski definition) is 7. The highest BCUT2D eigenvalue weighted by molar-refractivity contribution is 6.36. The molecule has 2 aromatic heterocycles. The zero-order chi connectivity index (χ0) is 29.3. The van der Waals surface area contributed by atoms with Crippen LogP contribution < -0.4 is 10.6 Å². The molecule has 40 heavy (non-hydrogen) atoms. The number of pyridine rings is 1. The van der Waals surface area contributed by atoms with E-state index in [0.29, 0.717) is 22.3 Å². The molecule has 1 unspecified atom stereocenters. The Morgan fingerprint density at radius 1 is 1.12 bits per heavy atom. The van der Waals surface area contributed by atoms with Gasteiger partial charge in [0.05, 0.1) is 40.4 Å². The average Bonchev–Trinajstić information content (AvgIpc) is 3.40. The maximum absolute atomic E-state index is 13.8. The van der Waals surface area contributed by atoms with Crippen LogP contribution in [0.4, 0.5) is 25.8 Å². The average molecular weight is 581 g/mol. The molecule has 2 heterocycles. The van der Waals surface area contributed by atoms with Gasteiger partial charge in [0.15, 0.2) is 0 Å². The fourth-order valence-corrected chi connectivity index (χ4v) is 4.39. The van der Waals surface area contributed by atoms with Crippen molar-refractivity contribution in [3.63, 3.8) is 0 Å². The van der Waals surface area contributed by atoms with Gasteiger partial charge in [-0.3, -0.25) is 9.78 Å². The van der Waals surface area contributed by atoms with Crippen LogP contribution >= 0.6 is 23.2 Å². The van der Waals surface area contributed by atoms with Gasteiger partial charge in [-0.1, -0.05) is 40.5 Å². The first-order valence-electron chi connectivity index (χ1n) is 12.0. The molecule has 5 aromatic rings. The van der Waals surface area contributed by atoms with Crippen LogP contribution in [0, 0.1) is 23.0 Å². The van der Waals surface area contributed by atoms with Crippen molar-refractivity contribution >= 4 is 57.1 Å². The Kier molecular flexibility index (Phi) is 7.09. The molecule has 0 aliphatic carbocycles. The number of aromatic nitrogens is 4. The van der Waals surface area contributed by atoms with Gasteiger partial charge in [-0.25, -0.2) is 13.5 Å². The number of carboxylic acids is 1. The Labute approximate surface area is 237 Å². The second-order valence-electron chi connectivity index (χ2n) is 8.47. The normalized spacial score (nSPS) is 12.8. The van der Waals surface area contributed by atoms with Gasteiger partial charge in [0.25, 0.3) is 0 Å². The minimum absolute atomic E-state index is 0.0183. The topological polar surface area (TPSA) is 129 Å². The summed E-state index contributed by atoms with van der Waals surface area (Å²) in [6.45, 7) is -0.487. The number of nitrogens with one attached hydrogen (secondary N) is 2. The van der Waals surface area contributed by atoms with Crippen LogP contribution in [0.2, 0.25) is 10.0 Å². The molecule has 0 spiro atoms. The smallest absolute Gasteiger partial charge is 0.325 e. The van der Waals surface area contributed by atoms with Gasteiger partial charge in [0, 0.05) is 23.0 Å². The second kappa shape index (κ2) is 11.1. The predicted molar refractivity (Wildman–Crippen MR) is 146 cm³/mol. The highest BCUT2D eigenvalue weighted by Gasteiger charge is 2.21.